The Hall–Kier alpha value is -2.59. The fraction of sp³-hybridized carbons (Fsp3) is 0.250. The number of hydrogen-bond donors (Lipinski definition) is 2. The fourth-order valence-electron chi connectivity index (χ4n) is 2.89. The van der Waals surface area contributed by atoms with Crippen molar-refractivity contribution in [2.24, 2.45) is 0 Å². The summed E-state index contributed by atoms with van der Waals surface area (Å²) in [6.07, 6.45) is 3.41. The summed E-state index contributed by atoms with van der Waals surface area (Å²) in [5.41, 5.74) is 2.99. The third-order valence-corrected chi connectivity index (χ3v) is 4.35. The van der Waals surface area contributed by atoms with Crippen LogP contribution >= 0.6 is 0 Å². The van der Waals surface area contributed by atoms with Gasteiger partial charge in [-0.2, -0.15) is 0 Å². The van der Waals surface area contributed by atoms with Gasteiger partial charge < -0.3 is 15.1 Å². The molecule has 2 aromatic rings. The van der Waals surface area contributed by atoms with Crippen molar-refractivity contribution in [1.29, 1.82) is 0 Å². The topological polar surface area (TPSA) is 36.8 Å². The molecular formula is C20H24N3O+. The highest BCUT2D eigenvalue weighted by molar-refractivity contribution is 6.03. The fourth-order valence-corrected chi connectivity index (χ4v) is 2.89. The van der Waals surface area contributed by atoms with Gasteiger partial charge in [0.2, 0.25) is 5.91 Å². The van der Waals surface area contributed by atoms with E-state index in [1.165, 1.54) is 0 Å². The molecule has 0 aromatic heterocycles. The second-order valence-corrected chi connectivity index (χ2v) is 6.19. The van der Waals surface area contributed by atoms with E-state index >= 15 is 0 Å². The molecule has 0 saturated carbocycles. The van der Waals surface area contributed by atoms with Gasteiger partial charge in [0, 0.05) is 6.08 Å². The smallest absolute Gasteiger partial charge is 0.248 e. The molecular weight excluding hydrogens is 298 g/mol. The summed E-state index contributed by atoms with van der Waals surface area (Å²) < 4.78 is 0. The van der Waals surface area contributed by atoms with E-state index in [9.17, 15) is 4.79 Å². The van der Waals surface area contributed by atoms with Crippen molar-refractivity contribution < 1.29 is 9.69 Å². The molecule has 0 bridgehead atoms. The average molecular weight is 322 g/mol. The standard InChI is InChI=1S/C20H23N3O/c1-22-13-15-23(16-14-22)19-10-6-5-9-18(19)21-20(24)12-11-17-7-3-2-4-8-17/h2-12H,13-16H2,1H3,(H,21,24)/p+1/b12-11+. The lowest BCUT2D eigenvalue weighted by atomic mass is 10.2. The number of piperazine rings is 1. The molecule has 1 heterocycles. The summed E-state index contributed by atoms with van der Waals surface area (Å²) >= 11 is 0. The van der Waals surface area contributed by atoms with E-state index in [4.69, 9.17) is 0 Å². The van der Waals surface area contributed by atoms with Crippen LogP contribution in [0.25, 0.3) is 6.08 Å². The minimum atomic E-state index is -0.106. The number of nitrogens with one attached hydrogen (secondary N) is 2. The highest BCUT2D eigenvalue weighted by Crippen LogP contribution is 2.25. The monoisotopic (exact) mass is 322 g/mol. The molecule has 1 saturated heterocycles. The zero-order valence-electron chi connectivity index (χ0n) is 14.0. The van der Waals surface area contributed by atoms with Crippen LogP contribution in [-0.4, -0.2) is 39.1 Å². The van der Waals surface area contributed by atoms with Crippen LogP contribution in [0.3, 0.4) is 0 Å². The molecule has 4 nitrogen and oxygen atoms in total. The first-order valence-corrected chi connectivity index (χ1v) is 8.42. The van der Waals surface area contributed by atoms with E-state index in [1.807, 2.05) is 54.6 Å². The van der Waals surface area contributed by atoms with Crippen molar-refractivity contribution >= 4 is 23.4 Å². The quantitative estimate of drug-likeness (QED) is 0.840. The molecule has 1 aliphatic rings. The van der Waals surface area contributed by atoms with Crippen molar-refractivity contribution in [3.05, 3.63) is 66.2 Å². The largest absolute Gasteiger partial charge is 0.359 e. The first kappa shape index (κ1) is 16.3. The zero-order chi connectivity index (χ0) is 16.8. The Labute approximate surface area is 143 Å². The Morgan fingerprint density at radius 3 is 2.46 bits per heavy atom. The van der Waals surface area contributed by atoms with Gasteiger partial charge in [-0.15, -0.1) is 0 Å². The molecule has 1 aliphatic heterocycles. The van der Waals surface area contributed by atoms with Gasteiger partial charge in [-0.25, -0.2) is 0 Å². The summed E-state index contributed by atoms with van der Waals surface area (Å²) in [5.74, 6) is -0.106. The Balaban J connectivity index is 1.69. The average Bonchev–Trinajstić information content (AvgIpc) is 2.62. The predicted molar refractivity (Wildman–Crippen MR) is 99.4 cm³/mol. The van der Waals surface area contributed by atoms with Gasteiger partial charge in [-0.05, 0) is 23.8 Å². The number of nitrogens with zero attached hydrogens (tertiary/aromatic N) is 1. The molecule has 1 amide bonds. The number of rotatable bonds is 4. The molecule has 0 atom stereocenters. The number of carbonyl (C=O) groups is 1. The first-order chi connectivity index (χ1) is 11.7. The molecule has 0 unspecified atom stereocenters. The van der Waals surface area contributed by atoms with Crippen LogP contribution in [0.5, 0.6) is 0 Å². The van der Waals surface area contributed by atoms with E-state index in [0.717, 1.165) is 43.1 Å². The van der Waals surface area contributed by atoms with Gasteiger partial charge in [0.15, 0.2) is 0 Å². The predicted octanol–water partition coefficient (Wildman–Crippen LogP) is 1.67. The van der Waals surface area contributed by atoms with Crippen molar-refractivity contribution in [3.8, 4) is 0 Å². The molecule has 0 aliphatic carbocycles. The number of hydrogen-bond acceptors (Lipinski definition) is 2. The number of para-hydroxylation sites is 2. The summed E-state index contributed by atoms with van der Waals surface area (Å²) in [5, 5.41) is 3.02. The Morgan fingerprint density at radius 2 is 1.71 bits per heavy atom. The Morgan fingerprint density at radius 1 is 1.04 bits per heavy atom. The third-order valence-electron chi connectivity index (χ3n) is 4.35. The van der Waals surface area contributed by atoms with Gasteiger partial charge in [0.05, 0.1) is 44.6 Å². The van der Waals surface area contributed by atoms with E-state index in [-0.39, 0.29) is 5.91 Å². The lowest BCUT2D eigenvalue weighted by Crippen LogP contribution is -3.12. The minimum Gasteiger partial charge on any atom is -0.359 e. The normalized spacial score (nSPS) is 15.6. The van der Waals surface area contributed by atoms with Crippen LogP contribution in [0.15, 0.2) is 60.7 Å². The minimum absolute atomic E-state index is 0.106. The van der Waals surface area contributed by atoms with E-state index in [2.05, 4.69) is 23.3 Å². The van der Waals surface area contributed by atoms with Crippen molar-refractivity contribution in [2.75, 3.05) is 43.4 Å². The van der Waals surface area contributed by atoms with Gasteiger partial charge in [-0.1, -0.05) is 42.5 Å². The summed E-state index contributed by atoms with van der Waals surface area (Å²) in [7, 11) is 2.22. The summed E-state index contributed by atoms with van der Waals surface area (Å²) in [4.78, 5) is 16.2. The van der Waals surface area contributed by atoms with Crippen molar-refractivity contribution in [2.45, 2.75) is 0 Å². The SMILES string of the molecule is C[NH+]1CCN(c2ccccc2NC(=O)/C=C/c2ccccc2)CC1. The molecule has 0 radical (unpaired) electrons. The van der Waals surface area contributed by atoms with Crippen molar-refractivity contribution in [3.63, 3.8) is 0 Å². The van der Waals surface area contributed by atoms with Crippen LogP contribution in [-0.2, 0) is 4.79 Å². The van der Waals surface area contributed by atoms with Crippen molar-refractivity contribution in [1.82, 2.24) is 0 Å². The summed E-state index contributed by atoms with van der Waals surface area (Å²) in [6.45, 7) is 4.27. The number of amides is 1. The number of likely N-dealkylation sites (N-methyl/N-ethyl adjacent to an activating group) is 1. The van der Waals surface area contributed by atoms with E-state index in [0.29, 0.717) is 0 Å². The summed E-state index contributed by atoms with van der Waals surface area (Å²) in [6, 6.07) is 17.9. The molecule has 3 rings (SSSR count). The molecule has 24 heavy (non-hydrogen) atoms. The van der Waals surface area contributed by atoms with Crippen LogP contribution in [0.4, 0.5) is 11.4 Å². The highest BCUT2D eigenvalue weighted by Gasteiger charge is 2.19. The van der Waals surface area contributed by atoms with E-state index in [1.54, 1.807) is 11.0 Å². The molecule has 1 fully saturated rings. The maximum atomic E-state index is 12.3. The highest BCUT2D eigenvalue weighted by atomic mass is 16.1. The molecule has 2 aromatic carbocycles. The van der Waals surface area contributed by atoms with Gasteiger partial charge in [0.25, 0.3) is 0 Å². The molecule has 0 spiro atoms. The zero-order valence-corrected chi connectivity index (χ0v) is 14.0. The lowest BCUT2D eigenvalue weighted by Gasteiger charge is -2.32. The van der Waals surface area contributed by atoms with E-state index < -0.39 is 0 Å². The molecule has 2 N–H and O–H groups in total. The maximum Gasteiger partial charge on any atom is 0.248 e. The Bertz CT molecular complexity index is 704. The number of quaternary nitrogens is 1. The molecule has 124 valence electrons. The Kier molecular flexibility index (Phi) is 5.29. The first-order valence-electron chi connectivity index (χ1n) is 8.42. The van der Waals surface area contributed by atoms with Crippen LogP contribution < -0.4 is 15.1 Å². The third kappa shape index (κ3) is 4.24. The maximum absolute atomic E-state index is 12.3. The number of benzene rings is 2. The lowest BCUT2D eigenvalue weighted by molar-refractivity contribution is -0.880. The van der Waals surface area contributed by atoms with Crippen LogP contribution in [0.1, 0.15) is 5.56 Å². The van der Waals surface area contributed by atoms with Crippen LogP contribution in [0, 0.1) is 0 Å². The van der Waals surface area contributed by atoms with Crippen LogP contribution in [0.2, 0.25) is 0 Å². The van der Waals surface area contributed by atoms with Gasteiger partial charge in [-0.3, -0.25) is 4.79 Å². The number of anilines is 2. The van der Waals surface area contributed by atoms with Gasteiger partial charge in [0.1, 0.15) is 0 Å². The second-order valence-electron chi connectivity index (χ2n) is 6.19. The second kappa shape index (κ2) is 7.79. The number of carbonyl (C=O) groups excluding carboxylic acids is 1. The molecule has 4 heteroatoms. The van der Waals surface area contributed by atoms with Gasteiger partial charge >= 0.3 is 0 Å².